The van der Waals surface area contributed by atoms with Crippen LogP contribution in [-0.4, -0.2) is 66.1 Å². The SMILES string of the molecule is CCNc1nc(-c2ccc(NC(=O)NCCc3ccc(N)nc3)c(F)c2)ccc1C(=O)NCCN1CCCCC1. The van der Waals surface area contributed by atoms with E-state index in [0.717, 1.165) is 25.2 Å². The predicted octanol–water partition coefficient (Wildman–Crippen LogP) is 3.88. The second-order valence-corrected chi connectivity index (χ2v) is 9.70. The van der Waals surface area contributed by atoms with E-state index in [1.165, 1.54) is 31.4 Å². The molecule has 10 nitrogen and oxygen atoms in total. The van der Waals surface area contributed by atoms with Gasteiger partial charge in [0.1, 0.15) is 17.5 Å². The first-order chi connectivity index (χ1) is 19.4. The number of nitrogen functional groups attached to an aromatic ring is 1. The van der Waals surface area contributed by atoms with Crippen molar-refractivity contribution in [3.05, 3.63) is 65.6 Å². The fourth-order valence-electron chi connectivity index (χ4n) is 4.56. The first-order valence-electron chi connectivity index (χ1n) is 13.7. The summed E-state index contributed by atoms with van der Waals surface area (Å²) in [7, 11) is 0. The Labute approximate surface area is 234 Å². The van der Waals surface area contributed by atoms with Gasteiger partial charge in [0.15, 0.2) is 0 Å². The topological polar surface area (TPSA) is 137 Å². The summed E-state index contributed by atoms with van der Waals surface area (Å²) in [4.78, 5) is 36.1. The van der Waals surface area contributed by atoms with Crippen LogP contribution in [0.2, 0.25) is 0 Å². The Morgan fingerprint density at radius 3 is 2.58 bits per heavy atom. The number of urea groups is 1. The van der Waals surface area contributed by atoms with Crippen molar-refractivity contribution >= 4 is 29.3 Å². The second kappa shape index (κ2) is 14.2. The maximum Gasteiger partial charge on any atom is 0.319 e. The number of rotatable bonds is 11. The summed E-state index contributed by atoms with van der Waals surface area (Å²) in [6, 6.07) is 10.9. The number of anilines is 3. The zero-order valence-corrected chi connectivity index (χ0v) is 22.8. The third-order valence-corrected chi connectivity index (χ3v) is 6.71. The van der Waals surface area contributed by atoms with E-state index in [-0.39, 0.29) is 11.6 Å². The van der Waals surface area contributed by atoms with Crippen LogP contribution in [0.4, 0.5) is 26.5 Å². The molecular weight excluding hydrogens is 511 g/mol. The molecule has 0 atom stereocenters. The molecule has 1 aliphatic rings. The average Bonchev–Trinajstić information content (AvgIpc) is 2.96. The number of nitrogens with two attached hydrogens (primary N) is 1. The molecule has 1 fully saturated rings. The third kappa shape index (κ3) is 8.12. The zero-order valence-electron chi connectivity index (χ0n) is 22.8. The number of carbonyl (C=O) groups is 2. The van der Waals surface area contributed by atoms with Gasteiger partial charge in [-0.3, -0.25) is 4.79 Å². The van der Waals surface area contributed by atoms with Crippen molar-refractivity contribution in [2.24, 2.45) is 0 Å². The monoisotopic (exact) mass is 548 g/mol. The van der Waals surface area contributed by atoms with Gasteiger partial charge in [-0.2, -0.15) is 0 Å². The molecule has 1 saturated heterocycles. The summed E-state index contributed by atoms with van der Waals surface area (Å²) in [6.07, 6.45) is 5.90. The molecule has 0 bridgehead atoms. The maximum atomic E-state index is 14.9. The molecule has 3 aromatic rings. The van der Waals surface area contributed by atoms with Gasteiger partial charge in [0, 0.05) is 37.9 Å². The summed E-state index contributed by atoms with van der Waals surface area (Å²) < 4.78 is 14.9. The van der Waals surface area contributed by atoms with Gasteiger partial charge in [0.25, 0.3) is 5.91 Å². The number of piperidine rings is 1. The van der Waals surface area contributed by atoms with Crippen molar-refractivity contribution in [3.8, 4) is 11.3 Å². The molecule has 1 aliphatic heterocycles. The number of likely N-dealkylation sites (tertiary alicyclic amines) is 1. The molecule has 1 aromatic carbocycles. The van der Waals surface area contributed by atoms with Crippen LogP contribution in [0.15, 0.2) is 48.7 Å². The highest BCUT2D eigenvalue weighted by molar-refractivity contribution is 5.99. The van der Waals surface area contributed by atoms with Crippen molar-refractivity contribution < 1.29 is 14.0 Å². The van der Waals surface area contributed by atoms with E-state index in [4.69, 9.17) is 5.73 Å². The highest BCUT2D eigenvalue weighted by Gasteiger charge is 2.16. The summed E-state index contributed by atoms with van der Waals surface area (Å²) in [6.45, 7) is 6.39. The fourth-order valence-corrected chi connectivity index (χ4v) is 4.56. The first-order valence-corrected chi connectivity index (χ1v) is 13.7. The van der Waals surface area contributed by atoms with Crippen LogP contribution in [-0.2, 0) is 6.42 Å². The summed E-state index contributed by atoms with van der Waals surface area (Å²) in [5, 5.41) is 11.4. The minimum atomic E-state index is -0.596. The van der Waals surface area contributed by atoms with Gasteiger partial charge in [-0.05, 0) is 75.2 Å². The molecule has 3 heterocycles. The van der Waals surface area contributed by atoms with Crippen molar-refractivity contribution in [2.75, 3.05) is 55.6 Å². The van der Waals surface area contributed by atoms with E-state index in [1.807, 2.05) is 13.0 Å². The number of carbonyl (C=O) groups excluding carboxylic acids is 2. The second-order valence-electron chi connectivity index (χ2n) is 9.70. The Morgan fingerprint density at radius 1 is 1.02 bits per heavy atom. The molecule has 0 aliphatic carbocycles. The van der Waals surface area contributed by atoms with Crippen LogP contribution in [0, 0.1) is 5.82 Å². The van der Waals surface area contributed by atoms with Gasteiger partial charge in [0.05, 0.1) is 16.9 Å². The van der Waals surface area contributed by atoms with Gasteiger partial charge < -0.3 is 31.9 Å². The first kappa shape index (κ1) is 28.8. The minimum Gasteiger partial charge on any atom is -0.384 e. The Kier molecular flexibility index (Phi) is 10.2. The Hall–Kier alpha value is -4.25. The van der Waals surface area contributed by atoms with Crippen LogP contribution in [0.1, 0.15) is 42.1 Å². The molecule has 0 unspecified atom stereocenters. The quantitative estimate of drug-likeness (QED) is 0.245. The third-order valence-electron chi connectivity index (χ3n) is 6.71. The Morgan fingerprint density at radius 2 is 1.85 bits per heavy atom. The van der Waals surface area contributed by atoms with Crippen molar-refractivity contribution in [2.45, 2.75) is 32.6 Å². The van der Waals surface area contributed by atoms with E-state index in [2.05, 4.69) is 36.1 Å². The van der Waals surface area contributed by atoms with Gasteiger partial charge in [-0.1, -0.05) is 18.6 Å². The normalized spacial score (nSPS) is 13.4. The molecule has 3 amide bonds. The number of benzene rings is 1. The van der Waals surface area contributed by atoms with Crippen LogP contribution >= 0.6 is 0 Å². The van der Waals surface area contributed by atoms with E-state index >= 15 is 0 Å². The predicted molar refractivity (Wildman–Crippen MR) is 156 cm³/mol. The Balaban J connectivity index is 1.34. The molecule has 0 radical (unpaired) electrons. The van der Waals surface area contributed by atoms with Crippen molar-refractivity contribution in [1.82, 2.24) is 25.5 Å². The van der Waals surface area contributed by atoms with E-state index in [1.54, 1.807) is 30.5 Å². The lowest BCUT2D eigenvalue weighted by molar-refractivity contribution is 0.0947. The maximum absolute atomic E-state index is 14.9. The van der Waals surface area contributed by atoms with Gasteiger partial charge in [0.2, 0.25) is 0 Å². The number of hydrogen-bond donors (Lipinski definition) is 5. The standard InChI is InChI=1S/C29H37FN8O2/c1-2-32-27-22(28(39)33-14-17-38-15-4-3-5-16-38)8-10-24(36-27)21-7-9-25(23(30)18-21)37-29(40)34-13-12-20-6-11-26(31)35-19-20/h6-11,18-19H,2-5,12-17H2,1H3,(H2,31,35)(H,32,36)(H,33,39)(H2,34,37,40). The highest BCUT2D eigenvalue weighted by atomic mass is 19.1. The molecule has 2 aromatic heterocycles. The van der Waals surface area contributed by atoms with E-state index < -0.39 is 11.8 Å². The number of halogens is 1. The lowest BCUT2D eigenvalue weighted by atomic mass is 10.1. The molecule has 0 spiro atoms. The molecule has 6 N–H and O–H groups in total. The lowest BCUT2D eigenvalue weighted by Gasteiger charge is -2.26. The summed E-state index contributed by atoms with van der Waals surface area (Å²) >= 11 is 0. The highest BCUT2D eigenvalue weighted by Crippen LogP contribution is 2.26. The van der Waals surface area contributed by atoms with Crippen LogP contribution in [0.5, 0.6) is 0 Å². The molecule has 212 valence electrons. The van der Waals surface area contributed by atoms with Crippen LogP contribution < -0.4 is 27.0 Å². The fraction of sp³-hybridized carbons (Fsp3) is 0.379. The van der Waals surface area contributed by atoms with Crippen molar-refractivity contribution in [1.29, 1.82) is 0 Å². The largest absolute Gasteiger partial charge is 0.384 e. The van der Waals surface area contributed by atoms with Gasteiger partial charge in [-0.25, -0.2) is 19.2 Å². The number of pyridine rings is 2. The molecule has 4 rings (SSSR count). The summed E-state index contributed by atoms with van der Waals surface area (Å²) in [5.41, 5.74) is 8.02. The lowest BCUT2D eigenvalue weighted by Crippen LogP contribution is -2.37. The smallest absolute Gasteiger partial charge is 0.319 e. The zero-order chi connectivity index (χ0) is 28.3. The molecular formula is C29H37FN8O2. The van der Waals surface area contributed by atoms with Crippen molar-refractivity contribution in [3.63, 3.8) is 0 Å². The van der Waals surface area contributed by atoms with E-state index in [0.29, 0.717) is 54.5 Å². The molecule has 11 heteroatoms. The van der Waals surface area contributed by atoms with Crippen LogP contribution in [0.25, 0.3) is 11.3 Å². The average molecular weight is 549 g/mol. The Bertz CT molecular complexity index is 1300. The summed E-state index contributed by atoms with van der Waals surface area (Å²) in [5.74, 6) is 0.0771. The van der Waals surface area contributed by atoms with Crippen LogP contribution in [0.3, 0.4) is 0 Å². The van der Waals surface area contributed by atoms with Gasteiger partial charge >= 0.3 is 6.03 Å². The number of nitrogens with one attached hydrogen (secondary N) is 4. The minimum absolute atomic E-state index is 0.0482. The molecule has 0 saturated carbocycles. The van der Waals surface area contributed by atoms with Gasteiger partial charge in [-0.15, -0.1) is 0 Å². The number of nitrogens with zero attached hydrogens (tertiary/aromatic N) is 3. The number of amides is 3. The van der Waals surface area contributed by atoms with E-state index in [9.17, 15) is 14.0 Å². The number of aromatic nitrogens is 2. The number of hydrogen-bond acceptors (Lipinski definition) is 7. The molecule has 40 heavy (non-hydrogen) atoms.